The zero-order chi connectivity index (χ0) is 11.4. The molecule has 1 aliphatic rings. The van der Waals surface area contributed by atoms with Gasteiger partial charge in [0.15, 0.2) is 0 Å². The Bertz CT molecular complexity index is 382. The van der Waals surface area contributed by atoms with E-state index in [1.165, 1.54) is 5.56 Å². The molecule has 0 N–H and O–H groups in total. The molecule has 16 heavy (non-hydrogen) atoms. The second-order valence-corrected chi connectivity index (χ2v) is 5.03. The third-order valence-corrected chi connectivity index (χ3v) is 2.88. The van der Waals surface area contributed by atoms with Crippen molar-refractivity contribution in [2.24, 2.45) is 11.8 Å². The maximum atomic E-state index is 5.61. The molecular weight excluding hydrogens is 196 g/mol. The molecule has 2 rings (SSSR count). The molecule has 1 heterocycles. The first-order valence-corrected chi connectivity index (χ1v) is 6.13. The van der Waals surface area contributed by atoms with E-state index < -0.39 is 0 Å². The fourth-order valence-corrected chi connectivity index (χ4v) is 2.15. The molecular formula is C15H20O. The lowest BCUT2D eigenvalue weighted by Crippen LogP contribution is -2.01. The predicted octanol–water partition coefficient (Wildman–Crippen LogP) is 4.15. The van der Waals surface area contributed by atoms with E-state index in [0.29, 0.717) is 11.8 Å². The van der Waals surface area contributed by atoms with Crippen LogP contribution >= 0.6 is 0 Å². The molecule has 1 aromatic rings. The van der Waals surface area contributed by atoms with E-state index >= 15 is 0 Å². The predicted molar refractivity (Wildman–Crippen MR) is 67.3 cm³/mol. The lowest BCUT2D eigenvalue weighted by Gasteiger charge is -2.10. The summed E-state index contributed by atoms with van der Waals surface area (Å²) in [6.45, 7) is 4.47. The van der Waals surface area contributed by atoms with Crippen molar-refractivity contribution in [2.45, 2.75) is 33.1 Å². The Kier molecular flexibility index (Phi) is 3.66. The topological polar surface area (TPSA) is 13.1 Å². The van der Waals surface area contributed by atoms with Crippen molar-refractivity contribution in [2.75, 3.05) is 0 Å². The molecule has 1 aromatic heterocycles. The van der Waals surface area contributed by atoms with Crippen LogP contribution in [-0.2, 0) is 12.8 Å². The number of allylic oxidation sites excluding steroid dienone is 4. The van der Waals surface area contributed by atoms with Gasteiger partial charge in [0.05, 0.1) is 6.26 Å². The van der Waals surface area contributed by atoms with Gasteiger partial charge in [0, 0.05) is 6.42 Å². The van der Waals surface area contributed by atoms with E-state index in [9.17, 15) is 0 Å². The Morgan fingerprint density at radius 1 is 1.38 bits per heavy atom. The van der Waals surface area contributed by atoms with Gasteiger partial charge >= 0.3 is 0 Å². The molecule has 0 saturated carbocycles. The second-order valence-electron chi connectivity index (χ2n) is 5.03. The second kappa shape index (κ2) is 5.20. The molecule has 1 unspecified atom stereocenters. The van der Waals surface area contributed by atoms with E-state index in [2.05, 4.69) is 44.2 Å². The molecule has 0 aromatic carbocycles. The van der Waals surface area contributed by atoms with Crippen LogP contribution in [0.15, 0.2) is 41.1 Å². The summed E-state index contributed by atoms with van der Waals surface area (Å²) in [6, 6.07) is 2.21. The van der Waals surface area contributed by atoms with Crippen LogP contribution in [0.1, 0.15) is 31.6 Å². The monoisotopic (exact) mass is 216 g/mol. The summed E-state index contributed by atoms with van der Waals surface area (Å²) in [4.78, 5) is 0. The minimum atomic E-state index is 0.614. The van der Waals surface area contributed by atoms with Gasteiger partial charge < -0.3 is 4.42 Å². The fraction of sp³-hybridized carbons (Fsp3) is 0.467. The SMILES string of the molecule is CC(C)Cc1coc(CC2C=CC=CC2)c1. The Balaban J connectivity index is 1.92. The van der Waals surface area contributed by atoms with E-state index in [1.807, 2.05) is 6.26 Å². The minimum Gasteiger partial charge on any atom is -0.469 e. The highest BCUT2D eigenvalue weighted by Crippen LogP contribution is 2.20. The third-order valence-electron chi connectivity index (χ3n) is 2.88. The standard InChI is InChI=1S/C15H20O/c1-12(2)8-14-10-15(16-11-14)9-13-6-4-3-5-7-13/h3-6,10-13H,7-9H2,1-2H3. The fourth-order valence-electron chi connectivity index (χ4n) is 2.15. The van der Waals surface area contributed by atoms with Crippen molar-refractivity contribution in [1.29, 1.82) is 0 Å². The average molecular weight is 216 g/mol. The Morgan fingerprint density at radius 3 is 2.94 bits per heavy atom. The first-order valence-electron chi connectivity index (χ1n) is 6.13. The molecule has 0 spiro atoms. The summed E-state index contributed by atoms with van der Waals surface area (Å²) in [5, 5.41) is 0. The van der Waals surface area contributed by atoms with Gasteiger partial charge in [-0.05, 0) is 36.3 Å². The van der Waals surface area contributed by atoms with Gasteiger partial charge in [0.25, 0.3) is 0 Å². The van der Waals surface area contributed by atoms with E-state index in [-0.39, 0.29) is 0 Å². The highest BCUT2D eigenvalue weighted by atomic mass is 16.3. The van der Waals surface area contributed by atoms with Crippen LogP contribution in [0.3, 0.4) is 0 Å². The van der Waals surface area contributed by atoms with Crippen molar-refractivity contribution in [1.82, 2.24) is 0 Å². The van der Waals surface area contributed by atoms with Crippen LogP contribution in [0.25, 0.3) is 0 Å². The van der Waals surface area contributed by atoms with Crippen molar-refractivity contribution >= 4 is 0 Å². The maximum absolute atomic E-state index is 5.61. The van der Waals surface area contributed by atoms with Crippen LogP contribution in [0.5, 0.6) is 0 Å². The van der Waals surface area contributed by atoms with E-state index in [1.54, 1.807) is 0 Å². The summed E-state index contributed by atoms with van der Waals surface area (Å²) in [6.07, 6.45) is 13.9. The van der Waals surface area contributed by atoms with Crippen LogP contribution in [-0.4, -0.2) is 0 Å². The largest absolute Gasteiger partial charge is 0.469 e. The van der Waals surface area contributed by atoms with Gasteiger partial charge in [-0.25, -0.2) is 0 Å². The molecule has 0 amide bonds. The molecule has 1 heteroatoms. The van der Waals surface area contributed by atoms with Gasteiger partial charge in [0.1, 0.15) is 5.76 Å². The third kappa shape index (κ3) is 3.13. The van der Waals surface area contributed by atoms with Crippen molar-refractivity contribution in [3.05, 3.63) is 48.0 Å². The van der Waals surface area contributed by atoms with Gasteiger partial charge in [-0.1, -0.05) is 38.2 Å². The number of hydrogen-bond donors (Lipinski definition) is 0. The highest BCUT2D eigenvalue weighted by Gasteiger charge is 2.10. The Labute approximate surface area is 97.9 Å². The molecule has 0 radical (unpaired) electrons. The number of furan rings is 1. The molecule has 86 valence electrons. The lowest BCUT2D eigenvalue weighted by atomic mass is 9.96. The quantitative estimate of drug-likeness (QED) is 0.736. The lowest BCUT2D eigenvalue weighted by molar-refractivity contribution is 0.473. The van der Waals surface area contributed by atoms with Crippen molar-refractivity contribution in [3.8, 4) is 0 Å². The minimum absolute atomic E-state index is 0.614. The molecule has 1 atom stereocenters. The normalized spacial score (nSPS) is 19.6. The Hall–Kier alpha value is -1.24. The Morgan fingerprint density at radius 2 is 2.25 bits per heavy atom. The van der Waals surface area contributed by atoms with Gasteiger partial charge in [-0.3, -0.25) is 0 Å². The van der Waals surface area contributed by atoms with E-state index in [0.717, 1.165) is 25.0 Å². The highest BCUT2D eigenvalue weighted by molar-refractivity contribution is 5.17. The van der Waals surface area contributed by atoms with Crippen molar-refractivity contribution < 1.29 is 4.42 Å². The van der Waals surface area contributed by atoms with Crippen LogP contribution in [0.2, 0.25) is 0 Å². The van der Waals surface area contributed by atoms with Gasteiger partial charge in [-0.15, -0.1) is 0 Å². The van der Waals surface area contributed by atoms with Crippen LogP contribution < -0.4 is 0 Å². The summed E-state index contributed by atoms with van der Waals surface area (Å²) in [5.41, 5.74) is 1.33. The maximum Gasteiger partial charge on any atom is 0.104 e. The van der Waals surface area contributed by atoms with Crippen molar-refractivity contribution in [3.63, 3.8) is 0 Å². The zero-order valence-corrected chi connectivity index (χ0v) is 10.1. The molecule has 0 bridgehead atoms. The molecule has 0 fully saturated rings. The molecule has 0 saturated heterocycles. The first-order chi connectivity index (χ1) is 7.74. The zero-order valence-electron chi connectivity index (χ0n) is 10.1. The summed E-state index contributed by atoms with van der Waals surface area (Å²) in [7, 11) is 0. The summed E-state index contributed by atoms with van der Waals surface area (Å²) < 4.78 is 5.61. The molecule has 0 aliphatic heterocycles. The summed E-state index contributed by atoms with van der Waals surface area (Å²) >= 11 is 0. The average Bonchev–Trinajstić information content (AvgIpc) is 2.66. The van der Waals surface area contributed by atoms with Gasteiger partial charge in [0.2, 0.25) is 0 Å². The van der Waals surface area contributed by atoms with E-state index in [4.69, 9.17) is 4.42 Å². The van der Waals surface area contributed by atoms with Crippen LogP contribution in [0.4, 0.5) is 0 Å². The van der Waals surface area contributed by atoms with Gasteiger partial charge in [-0.2, -0.15) is 0 Å². The first kappa shape index (κ1) is 11.3. The smallest absolute Gasteiger partial charge is 0.104 e. The number of hydrogen-bond acceptors (Lipinski definition) is 1. The molecule has 1 aliphatic carbocycles. The van der Waals surface area contributed by atoms with Crippen LogP contribution in [0, 0.1) is 11.8 Å². The summed E-state index contributed by atoms with van der Waals surface area (Å²) in [5.74, 6) is 2.44. The number of rotatable bonds is 4. The molecule has 1 nitrogen and oxygen atoms in total.